The number of pyridine rings is 1. The van der Waals surface area contributed by atoms with Gasteiger partial charge in [-0.2, -0.15) is 4.98 Å². The van der Waals surface area contributed by atoms with E-state index >= 15 is 0 Å². The van der Waals surface area contributed by atoms with Crippen LogP contribution in [0.3, 0.4) is 0 Å². The molecule has 3 heterocycles. The third kappa shape index (κ3) is 3.16. The molecule has 4 rings (SSSR count). The van der Waals surface area contributed by atoms with Crippen LogP contribution in [0.4, 0.5) is 0 Å². The van der Waals surface area contributed by atoms with Crippen molar-refractivity contribution in [3.05, 3.63) is 69.5 Å². The van der Waals surface area contributed by atoms with E-state index in [2.05, 4.69) is 15.1 Å². The van der Waals surface area contributed by atoms with Crippen molar-refractivity contribution >= 4 is 5.91 Å². The summed E-state index contributed by atoms with van der Waals surface area (Å²) >= 11 is 0. The zero-order chi connectivity index (χ0) is 19.0. The van der Waals surface area contributed by atoms with E-state index in [-0.39, 0.29) is 22.9 Å². The van der Waals surface area contributed by atoms with Crippen LogP contribution in [0.2, 0.25) is 0 Å². The molecule has 0 spiro atoms. The van der Waals surface area contributed by atoms with E-state index < -0.39 is 0 Å². The van der Waals surface area contributed by atoms with Crippen molar-refractivity contribution in [3.8, 4) is 11.4 Å². The number of aromatic amines is 1. The Balaban J connectivity index is 1.65. The lowest BCUT2D eigenvalue weighted by molar-refractivity contribution is 0.0707. The van der Waals surface area contributed by atoms with E-state index in [0.29, 0.717) is 24.0 Å². The van der Waals surface area contributed by atoms with Crippen molar-refractivity contribution in [2.75, 3.05) is 6.54 Å². The number of aryl methyl sites for hydroxylation is 2. The molecular weight excluding hydrogens is 344 g/mol. The van der Waals surface area contributed by atoms with Gasteiger partial charge in [0.05, 0.1) is 0 Å². The van der Waals surface area contributed by atoms with Gasteiger partial charge in [0.2, 0.25) is 11.7 Å². The summed E-state index contributed by atoms with van der Waals surface area (Å²) in [6.07, 6.45) is 1.55. The molecule has 1 aliphatic heterocycles. The maximum atomic E-state index is 13.1. The first-order valence-corrected chi connectivity index (χ1v) is 8.95. The highest BCUT2D eigenvalue weighted by molar-refractivity contribution is 5.95. The smallest absolute Gasteiger partial charge is 0.260 e. The van der Waals surface area contributed by atoms with Gasteiger partial charge in [0.25, 0.3) is 5.91 Å². The Bertz CT molecular complexity index is 1040. The minimum atomic E-state index is -0.317. The number of hydrogen-bond acceptors (Lipinski definition) is 5. The minimum Gasteiger partial charge on any atom is -0.362 e. The molecule has 1 atom stereocenters. The average molecular weight is 364 g/mol. The number of hydrogen-bond donors (Lipinski definition) is 1. The molecule has 1 aliphatic rings. The van der Waals surface area contributed by atoms with E-state index in [9.17, 15) is 9.59 Å². The number of likely N-dealkylation sites (tertiary alicyclic amines) is 1. The second-order valence-corrected chi connectivity index (χ2v) is 6.80. The van der Waals surface area contributed by atoms with Crippen LogP contribution in [-0.2, 0) is 0 Å². The molecule has 3 aromatic rings. The largest absolute Gasteiger partial charge is 0.362 e. The molecular formula is C20H20N4O3. The van der Waals surface area contributed by atoms with Crippen LogP contribution in [-0.4, -0.2) is 32.5 Å². The molecule has 1 N–H and O–H groups in total. The third-order valence-corrected chi connectivity index (χ3v) is 4.84. The van der Waals surface area contributed by atoms with Crippen molar-refractivity contribution in [1.29, 1.82) is 0 Å². The van der Waals surface area contributed by atoms with Crippen molar-refractivity contribution in [3.63, 3.8) is 0 Å². The summed E-state index contributed by atoms with van der Waals surface area (Å²) in [5.74, 6) is 0.603. The van der Waals surface area contributed by atoms with Crippen molar-refractivity contribution in [2.45, 2.75) is 32.7 Å². The number of nitrogens with zero attached hydrogens (tertiary/aromatic N) is 3. The van der Waals surface area contributed by atoms with Crippen LogP contribution in [0.15, 0.2) is 45.7 Å². The second kappa shape index (κ2) is 6.83. The molecule has 0 aliphatic carbocycles. The summed E-state index contributed by atoms with van der Waals surface area (Å²) in [7, 11) is 0. The maximum Gasteiger partial charge on any atom is 0.260 e. The summed E-state index contributed by atoms with van der Waals surface area (Å²) in [6.45, 7) is 4.09. The van der Waals surface area contributed by atoms with Gasteiger partial charge in [0.15, 0.2) is 5.43 Å². The fraction of sp³-hybridized carbons (Fsp3) is 0.300. The zero-order valence-electron chi connectivity index (χ0n) is 15.2. The fourth-order valence-corrected chi connectivity index (χ4v) is 3.60. The van der Waals surface area contributed by atoms with Gasteiger partial charge < -0.3 is 14.4 Å². The molecule has 1 aromatic carbocycles. The Hall–Kier alpha value is -3.22. The van der Waals surface area contributed by atoms with Crippen LogP contribution in [0.5, 0.6) is 0 Å². The predicted octanol–water partition coefficient (Wildman–Crippen LogP) is 3.02. The minimum absolute atomic E-state index is 0.176. The summed E-state index contributed by atoms with van der Waals surface area (Å²) < 4.78 is 5.46. The van der Waals surface area contributed by atoms with Crippen molar-refractivity contribution < 1.29 is 9.32 Å². The quantitative estimate of drug-likeness (QED) is 0.771. The zero-order valence-corrected chi connectivity index (χ0v) is 15.2. The molecule has 0 radical (unpaired) electrons. The van der Waals surface area contributed by atoms with Crippen molar-refractivity contribution in [1.82, 2.24) is 20.0 Å². The molecule has 7 heteroatoms. The topological polar surface area (TPSA) is 92.1 Å². The summed E-state index contributed by atoms with van der Waals surface area (Å²) in [4.78, 5) is 34.7. The highest BCUT2D eigenvalue weighted by Gasteiger charge is 2.36. The SMILES string of the molecule is Cc1cc(=O)c(C(=O)N2CCCC2c2nc(-c3ccccc3)no2)c(C)[nH]1. The number of amides is 1. The first kappa shape index (κ1) is 17.2. The van der Waals surface area contributed by atoms with Gasteiger partial charge in [0.1, 0.15) is 11.6 Å². The summed E-state index contributed by atoms with van der Waals surface area (Å²) in [6, 6.07) is 10.7. The molecule has 0 saturated carbocycles. The predicted molar refractivity (Wildman–Crippen MR) is 99.3 cm³/mol. The monoisotopic (exact) mass is 364 g/mol. The molecule has 27 heavy (non-hydrogen) atoms. The van der Waals surface area contributed by atoms with Gasteiger partial charge in [-0.05, 0) is 26.7 Å². The third-order valence-electron chi connectivity index (χ3n) is 4.84. The molecule has 2 aromatic heterocycles. The Kier molecular flexibility index (Phi) is 4.35. The lowest BCUT2D eigenvalue weighted by Crippen LogP contribution is -2.35. The second-order valence-electron chi connectivity index (χ2n) is 6.80. The lowest BCUT2D eigenvalue weighted by atomic mass is 10.1. The molecule has 1 saturated heterocycles. The molecule has 7 nitrogen and oxygen atoms in total. The van der Waals surface area contributed by atoms with E-state index in [1.165, 1.54) is 6.07 Å². The number of H-pyrrole nitrogens is 1. The van der Waals surface area contributed by atoms with Crippen LogP contribution >= 0.6 is 0 Å². The van der Waals surface area contributed by atoms with E-state index in [4.69, 9.17) is 4.52 Å². The first-order valence-electron chi connectivity index (χ1n) is 8.95. The van der Waals surface area contributed by atoms with Gasteiger partial charge in [-0.25, -0.2) is 0 Å². The number of benzene rings is 1. The number of carbonyl (C=O) groups is 1. The molecule has 1 amide bonds. The van der Waals surface area contributed by atoms with E-state index in [1.807, 2.05) is 30.3 Å². The molecule has 0 bridgehead atoms. The number of carbonyl (C=O) groups excluding carboxylic acids is 1. The Morgan fingerprint density at radius 1 is 1.26 bits per heavy atom. The lowest BCUT2D eigenvalue weighted by Gasteiger charge is -2.22. The van der Waals surface area contributed by atoms with E-state index in [1.54, 1.807) is 18.7 Å². The fourth-order valence-electron chi connectivity index (χ4n) is 3.60. The Labute approximate surface area is 156 Å². The van der Waals surface area contributed by atoms with Gasteiger partial charge in [-0.3, -0.25) is 9.59 Å². The highest BCUT2D eigenvalue weighted by Crippen LogP contribution is 2.33. The maximum absolute atomic E-state index is 13.1. The number of rotatable bonds is 3. The van der Waals surface area contributed by atoms with Crippen LogP contribution in [0.1, 0.15) is 46.5 Å². The Morgan fingerprint density at radius 3 is 2.78 bits per heavy atom. The summed E-state index contributed by atoms with van der Waals surface area (Å²) in [5.41, 5.74) is 2.07. The standard InChI is InChI=1S/C20H20N4O3/c1-12-11-16(25)17(13(2)21-12)20(26)24-10-6-9-15(24)19-22-18(23-27-19)14-7-4-3-5-8-14/h3-5,7-8,11,15H,6,9-10H2,1-2H3,(H,21,25). The van der Waals surface area contributed by atoms with Gasteiger partial charge in [-0.1, -0.05) is 35.5 Å². The molecule has 138 valence electrons. The van der Waals surface area contributed by atoms with Gasteiger partial charge >= 0.3 is 0 Å². The van der Waals surface area contributed by atoms with Crippen molar-refractivity contribution in [2.24, 2.45) is 0 Å². The Morgan fingerprint density at radius 2 is 2.04 bits per heavy atom. The van der Waals surface area contributed by atoms with Crippen LogP contribution in [0.25, 0.3) is 11.4 Å². The van der Waals surface area contributed by atoms with Crippen LogP contribution in [0, 0.1) is 13.8 Å². The highest BCUT2D eigenvalue weighted by atomic mass is 16.5. The van der Waals surface area contributed by atoms with Gasteiger partial charge in [0, 0.05) is 29.6 Å². The summed E-state index contributed by atoms with van der Waals surface area (Å²) in [5, 5.41) is 4.05. The van der Waals surface area contributed by atoms with Crippen LogP contribution < -0.4 is 5.43 Å². The number of nitrogens with one attached hydrogen (secondary N) is 1. The molecule has 1 fully saturated rings. The van der Waals surface area contributed by atoms with Gasteiger partial charge in [-0.15, -0.1) is 0 Å². The number of aromatic nitrogens is 3. The first-order chi connectivity index (χ1) is 13.0. The van der Waals surface area contributed by atoms with E-state index in [0.717, 1.165) is 24.1 Å². The molecule has 1 unspecified atom stereocenters. The average Bonchev–Trinajstić information content (AvgIpc) is 3.31. The normalized spacial score (nSPS) is 16.7.